The van der Waals surface area contributed by atoms with Crippen molar-refractivity contribution in [1.29, 1.82) is 0 Å². The predicted octanol–water partition coefficient (Wildman–Crippen LogP) is 3.93. The fourth-order valence-electron chi connectivity index (χ4n) is 3.55. The van der Waals surface area contributed by atoms with E-state index in [0.717, 1.165) is 16.9 Å². The number of aromatic nitrogens is 1. The van der Waals surface area contributed by atoms with Gasteiger partial charge in [0.2, 0.25) is 5.91 Å². The quantitative estimate of drug-likeness (QED) is 0.312. The summed E-state index contributed by atoms with van der Waals surface area (Å²) in [6.07, 6.45) is 4.63. The number of anilines is 1. The first-order valence-corrected chi connectivity index (χ1v) is 10.7. The molecule has 1 aromatic heterocycles. The van der Waals surface area contributed by atoms with Gasteiger partial charge in [-0.15, -0.1) is 0 Å². The van der Waals surface area contributed by atoms with Crippen LogP contribution in [0, 0.1) is 10.1 Å². The normalized spacial score (nSPS) is 13.8. The minimum atomic E-state index is -0.467. The Labute approximate surface area is 191 Å². The Morgan fingerprint density at radius 2 is 1.82 bits per heavy atom. The Balaban J connectivity index is 1.29. The maximum atomic E-state index is 12.6. The second kappa shape index (κ2) is 10.4. The van der Waals surface area contributed by atoms with E-state index in [1.165, 1.54) is 12.3 Å². The molecule has 0 spiro atoms. The van der Waals surface area contributed by atoms with Crippen molar-refractivity contribution in [2.45, 2.75) is 6.61 Å². The molecule has 0 unspecified atom stereocenters. The zero-order chi connectivity index (χ0) is 23.0. The number of rotatable bonds is 7. The third kappa shape index (κ3) is 5.94. The maximum absolute atomic E-state index is 12.6. The van der Waals surface area contributed by atoms with E-state index in [-0.39, 0.29) is 11.6 Å². The lowest BCUT2D eigenvalue weighted by Crippen LogP contribution is -2.48. The van der Waals surface area contributed by atoms with Gasteiger partial charge in [0.05, 0.1) is 4.92 Å². The number of nitrogens with zero attached hydrogens (tertiary/aromatic N) is 4. The number of amides is 1. The number of benzene rings is 2. The van der Waals surface area contributed by atoms with E-state index in [1.807, 2.05) is 59.5 Å². The van der Waals surface area contributed by atoms with Crippen LogP contribution in [0.2, 0.25) is 0 Å². The Morgan fingerprint density at radius 3 is 2.52 bits per heavy atom. The van der Waals surface area contributed by atoms with E-state index < -0.39 is 4.92 Å². The molecular formula is C25H24N4O4. The smallest absolute Gasteiger partial charge is 0.287 e. The summed E-state index contributed by atoms with van der Waals surface area (Å²) in [5.41, 5.74) is 1.95. The average molecular weight is 444 g/mol. The Hall–Kier alpha value is -4.20. The standard InChI is InChI=1S/C25H24N4O4/c30-25(28-15-13-27(14-16-28)24-11-10-22(18-26-24)29(31)32)12-9-20-7-4-8-23(17-20)33-19-21-5-2-1-3-6-21/h1-12,17-18H,13-16,19H2/b12-9+. The molecule has 0 bridgehead atoms. The van der Waals surface area contributed by atoms with E-state index >= 15 is 0 Å². The second-order valence-electron chi connectivity index (χ2n) is 7.62. The van der Waals surface area contributed by atoms with Crippen LogP contribution in [0.5, 0.6) is 5.75 Å². The monoisotopic (exact) mass is 444 g/mol. The summed E-state index contributed by atoms with van der Waals surface area (Å²) < 4.78 is 5.85. The summed E-state index contributed by atoms with van der Waals surface area (Å²) in [5.74, 6) is 1.37. The summed E-state index contributed by atoms with van der Waals surface area (Å²) in [6, 6.07) is 20.7. The molecule has 0 saturated carbocycles. The fraction of sp³-hybridized carbons (Fsp3) is 0.200. The van der Waals surface area contributed by atoms with Crippen LogP contribution in [0.15, 0.2) is 79.0 Å². The molecule has 168 valence electrons. The molecule has 0 aliphatic carbocycles. The summed E-state index contributed by atoms with van der Waals surface area (Å²) >= 11 is 0. The number of hydrogen-bond acceptors (Lipinski definition) is 6. The molecule has 0 N–H and O–H groups in total. The number of nitro groups is 1. The number of carbonyl (C=O) groups is 1. The van der Waals surface area contributed by atoms with Crippen LogP contribution in [-0.2, 0) is 11.4 Å². The summed E-state index contributed by atoms with van der Waals surface area (Å²) in [5, 5.41) is 10.8. The molecule has 1 amide bonds. The molecule has 1 saturated heterocycles. The summed E-state index contributed by atoms with van der Waals surface area (Å²) in [7, 11) is 0. The molecule has 1 aliphatic rings. The van der Waals surface area contributed by atoms with Crippen molar-refractivity contribution in [2.75, 3.05) is 31.1 Å². The van der Waals surface area contributed by atoms with Crippen molar-refractivity contribution in [3.63, 3.8) is 0 Å². The Morgan fingerprint density at radius 1 is 1.03 bits per heavy atom. The lowest BCUT2D eigenvalue weighted by Gasteiger charge is -2.34. The third-order valence-corrected chi connectivity index (χ3v) is 5.38. The molecule has 2 aromatic carbocycles. The van der Waals surface area contributed by atoms with Crippen LogP contribution in [0.3, 0.4) is 0 Å². The molecule has 1 aliphatic heterocycles. The first-order valence-electron chi connectivity index (χ1n) is 10.7. The van der Waals surface area contributed by atoms with E-state index in [1.54, 1.807) is 23.1 Å². The van der Waals surface area contributed by atoms with Crippen molar-refractivity contribution in [2.24, 2.45) is 0 Å². The minimum Gasteiger partial charge on any atom is -0.489 e. The van der Waals surface area contributed by atoms with Gasteiger partial charge in [0.15, 0.2) is 0 Å². The van der Waals surface area contributed by atoms with Crippen molar-refractivity contribution < 1.29 is 14.5 Å². The molecule has 3 aromatic rings. The molecule has 0 atom stereocenters. The number of pyridine rings is 1. The summed E-state index contributed by atoms with van der Waals surface area (Å²) in [6.45, 7) is 2.84. The number of piperazine rings is 1. The van der Waals surface area contributed by atoms with Crippen LogP contribution in [-0.4, -0.2) is 46.9 Å². The van der Waals surface area contributed by atoms with E-state index in [2.05, 4.69) is 4.98 Å². The SMILES string of the molecule is O=C(/C=C/c1cccc(OCc2ccccc2)c1)N1CCN(c2ccc([N+](=O)[O-])cn2)CC1. The molecule has 33 heavy (non-hydrogen) atoms. The highest BCUT2D eigenvalue weighted by Gasteiger charge is 2.21. The van der Waals surface area contributed by atoms with Crippen molar-refractivity contribution in [3.05, 3.63) is 100 Å². The first kappa shape index (κ1) is 22.0. The van der Waals surface area contributed by atoms with Gasteiger partial charge in [-0.3, -0.25) is 14.9 Å². The zero-order valence-electron chi connectivity index (χ0n) is 18.0. The Kier molecular flexibility index (Phi) is 6.94. The molecule has 0 radical (unpaired) electrons. The largest absolute Gasteiger partial charge is 0.489 e. The number of hydrogen-bond donors (Lipinski definition) is 0. The van der Waals surface area contributed by atoms with E-state index in [0.29, 0.717) is 38.6 Å². The highest BCUT2D eigenvalue weighted by atomic mass is 16.6. The van der Waals surface area contributed by atoms with Gasteiger partial charge in [-0.05, 0) is 35.4 Å². The van der Waals surface area contributed by atoms with Crippen LogP contribution < -0.4 is 9.64 Å². The number of carbonyl (C=O) groups excluding carboxylic acids is 1. The minimum absolute atomic E-state index is 0.0350. The van der Waals surface area contributed by atoms with E-state index in [4.69, 9.17) is 4.74 Å². The van der Waals surface area contributed by atoms with Gasteiger partial charge in [-0.2, -0.15) is 0 Å². The Bertz CT molecular complexity index is 1120. The van der Waals surface area contributed by atoms with Gasteiger partial charge in [0.25, 0.3) is 5.69 Å². The molecule has 8 nitrogen and oxygen atoms in total. The van der Waals surface area contributed by atoms with Gasteiger partial charge < -0.3 is 14.5 Å². The molecule has 2 heterocycles. The van der Waals surface area contributed by atoms with Crippen LogP contribution >= 0.6 is 0 Å². The highest BCUT2D eigenvalue weighted by molar-refractivity contribution is 5.92. The predicted molar refractivity (Wildman–Crippen MR) is 126 cm³/mol. The van der Waals surface area contributed by atoms with Gasteiger partial charge in [-0.25, -0.2) is 4.98 Å². The van der Waals surface area contributed by atoms with Crippen LogP contribution in [0.4, 0.5) is 11.5 Å². The highest BCUT2D eigenvalue weighted by Crippen LogP contribution is 2.19. The topological polar surface area (TPSA) is 88.8 Å². The zero-order valence-corrected chi connectivity index (χ0v) is 18.0. The molecule has 1 fully saturated rings. The fourth-order valence-corrected chi connectivity index (χ4v) is 3.55. The van der Waals surface area contributed by atoms with E-state index in [9.17, 15) is 14.9 Å². The molecule has 4 rings (SSSR count). The molecule has 8 heteroatoms. The maximum Gasteiger partial charge on any atom is 0.287 e. The third-order valence-electron chi connectivity index (χ3n) is 5.38. The van der Waals surface area contributed by atoms with Crippen molar-refractivity contribution >= 4 is 23.5 Å². The van der Waals surface area contributed by atoms with Gasteiger partial charge in [0, 0.05) is 38.3 Å². The average Bonchev–Trinajstić information content (AvgIpc) is 2.87. The summed E-state index contributed by atoms with van der Waals surface area (Å²) in [4.78, 5) is 30.9. The van der Waals surface area contributed by atoms with Gasteiger partial charge in [-0.1, -0.05) is 42.5 Å². The molecular weight excluding hydrogens is 420 g/mol. The lowest BCUT2D eigenvalue weighted by atomic mass is 10.2. The first-order chi connectivity index (χ1) is 16.1. The van der Waals surface area contributed by atoms with Crippen molar-refractivity contribution in [1.82, 2.24) is 9.88 Å². The van der Waals surface area contributed by atoms with Gasteiger partial charge in [0.1, 0.15) is 24.4 Å². The van der Waals surface area contributed by atoms with Crippen LogP contribution in [0.25, 0.3) is 6.08 Å². The van der Waals surface area contributed by atoms with Crippen molar-refractivity contribution in [3.8, 4) is 5.75 Å². The second-order valence-corrected chi connectivity index (χ2v) is 7.62. The lowest BCUT2D eigenvalue weighted by molar-refractivity contribution is -0.385. The number of ether oxygens (including phenoxy) is 1. The van der Waals surface area contributed by atoms with Gasteiger partial charge >= 0.3 is 0 Å². The van der Waals surface area contributed by atoms with Crippen LogP contribution in [0.1, 0.15) is 11.1 Å².